The van der Waals surface area contributed by atoms with Gasteiger partial charge in [0.25, 0.3) is 0 Å². The summed E-state index contributed by atoms with van der Waals surface area (Å²) < 4.78 is 5.67. The molecule has 0 heterocycles. The molecule has 0 bridgehead atoms. The molecule has 0 saturated heterocycles. The summed E-state index contributed by atoms with van der Waals surface area (Å²) in [5.41, 5.74) is 0.307. The summed E-state index contributed by atoms with van der Waals surface area (Å²) in [4.78, 5) is 10.7. The van der Waals surface area contributed by atoms with Crippen molar-refractivity contribution >= 4 is 5.97 Å². The van der Waals surface area contributed by atoms with Crippen molar-refractivity contribution in [3.63, 3.8) is 0 Å². The number of hydrogen-bond donors (Lipinski definition) is 1. The predicted octanol–water partition coefficient (Wildman–Crippen LogP) is 3.52. The molecule has 0 aromatic carbocycles. The average Bonchev–Trinajstić information content (AvgIpc) is 2.35. The summed E-state index contributed by atoms with van der Waals surface area (Å²) in [6.07, 6.45) is 9.80. The maximum atomic E-state index is 10.7. The van der Waals surface area contributed by atoms with Crippen molar-refractivity contribution in [2.24, 2.45) is 5.92 Å². The molecule has 0 aromatic heterocycles. The van der Waals surface area contributed by atoms with Gasteiger partial charge in [-0.05, 0) is 44.8 Å². The third-order valence-electron chi connectivity index (χ3n) is 3.19. The van der Waals surface area contributed by atoms with Crippen molar-refractivity contribution in [3.8, 4) is 0 Å². The van der Waals surface area contributed by atoms with Gasteiger partial charge in [-0.25, -0.2) is 4.79 Å². The molecule has 0 unspecified atom stereocenters. The first-order chi connectivity index (χ1) is 8.13. The number of carbonyl (C=O) groups is 1. The van der Waals surface area contributed by atoms with Crippen LogP contribution in [0.2, 0.25) is 0 Å². The molecule has 1 aliphatic carbocycles. The van der Waals surface area contributed by atoms with E-state index in [-0.39, 0.29) is 0 Å². The highest BCUT2D eigenvalue weighted by atomic mass is 16.5. The Labute approximate surface area is 103 Å². The Balaban J connectivity index is 2.42. The highest BCUT2D eigenvalue weighted by Crippen LogP contribution is 2.24. The topological polar surface area (TPSA) is 46.5 Å². The van der Waals surface area contributed by atoms with Crippen molar-refractivity contribution in [3.05, 3.63) is 23.5 Å². The fourth-order valence-corrected chi connectivity index (χ4v) is 2.05. The molecule has 3 heteroatoms. The molecule has 17 heavy (non-hydrogen) atoms. The van der Waals surface area contributed by atoms with E-state index < -0.39 is 5.97 Å². The molecule has 0 amide bonds. The van der Waals surface area contributed by atoms with Crippen LogP contribution in [-0.2, 0) is 9.53 Å². The quantitative estimate of drug-likeness (QED) is 0.453. The molecule has 3 nitrogen and oxygen atoms in total. The minimum absolute atomic E-state index is 0.307. The van der Waals surface area contributed by atoms with E-state index >= 15 is 0 Å². The standard InChI is InChI=1S/C14H22O3/c1-3-13(9-11(2)14(15)16)17-10-12-7-5-4-6-8-12/h3,9,12H,4-8,10H2,1-2H3,(H,15,16)/b11-9+,13-3+. The third kappa shape index (κ3) is 5.07. The summed E-state index contributed by atoms with van der Waals surface area (Å²) in [5.74, 6) is 0.401. The molecule has 1 saturated carbocycles. The van der Waals surface area contributed by atoms with E-state index in [0.717, 1.165) is 0 Å². The van der Waals surface area contributed by atoms with Gasteiger partial charge in [0, 0.05) is 5.57 Å². The molecule has 1 fully saturated rings. The van der Waals surface area contributed by atoms with Gasteiger partial charge in [-0.15, -0.1) is 0 Å². The van der Waals surface area contributed by atoms with Crippen LogP contribution >= 0.6 is 0 Å². The van der Waals surface area contributed by atoms with E-state index in [1.165, 1.54) is 32.1 Å². The number of carboxylic acids is 1. The predicted molar refractivity (Wildman–Crippen MR) is 67.7 cm³/mol. The Morgan fingerprint density at radius 2 is 2.00 bits per heavy atom. The molecule has 1 aliphatic rings. The van der Waals surface area contributed by atoms with Crippen molar-refractivity contribution < 1.29 is 14.6 Å². The molecule has 0 atom stereocenters. The number of ether oxygens (including phenoxy) is 1. The summed E-state index contributed by atoms with van der Waals surface area (Å²) in [7, 11) is 0. The molecule has 0 aromatic rings. The normalized spacial score (nSPS) is 19.2. The summed E-state index contributed by atoms with van der Waals surface area (Å²) in [5, 5.41) is 8.79. The summed E-state index contributed by atoms with van der Waals surface area (Å²) in [6.45, 7) is 4.15. The Hall–Kier alpha value is -1.25. The fourth-order valence-electron chi connectivity index (χ4n) is 2.05. The Morgan fingerprint density at radius 1 is 1.35 bits per heavy atom. The smallest absolute Gasteiger partial charge is 0.331 e. The van der Waals surface area contributed by atoms with Gasteiger partial charge in [0.2, 0.25) is 0 Å². The van der Waals surface area contributed by atoms with E-state index in [2.05, 4.69) is 0 Å². The van der Waals surface area contributed by atoms with Gasteiger partial charge >= 0.3 is 5.97 Å². The van der Waals surface area contributed by atoms with Gasteiger partial charge in [-0.1, -0.05) is 19.3 Å². The van der Waals surface area contributed by atoms with Gasteiger partial charge in [-0.2, -0.15) is 0 Å². The van der Waals surface area contributed by atoms with Crippen LogP contribution in [0.15, 0.2) is 23.5 Å². The van der Waals surface area contributed by atoms with Gasteiger partial charge in [0.15, 0.2) is 0 Å². The van der Waals surface area contributed by atoms with Gasteiger partial charge in [0.05, 0.1) is 6.61 Å². The fraction of sp³-hybridized carbons (Fsp3) is 0.643. The molecular formula is C14H22O3. The Bertz CT molecular complexity index is 309. The van der Waals surface area contributed by atoms with Crippen LogP contribution < -0.4 is 0 Å². The number of aliphatic carboxylic acids is 1. The van der Waals surface area contributed by atoms with Crippen LogP contribution in [0.1, 0.15) is 46.0 Å². The highest BCUT2D eigenvalue weighted by molar-refractivity contribution is 5.86. The van der Waals surface area contributed by atoms with Crippen LogP contribution in [0.3, 0.4) is 0 Å². The van der Waals surface area contributed by atoms with Crippen molar-refractivity contribution in [2.45, 2.75) is 46.0 Å². The lowest BCUT2D eigenvalue weighted by molar-refractivity contribution is -0.132. The SMILES string of the molecule is C/C=C(\C=C(/C)C(=O)O)OCC1CCCCC1. The summed E-state index contributed by atoms with van der Waals surface area (Å²) in [6, 6.07) is 0. The lowest BCUT2D eigenvalue weighted by Crippen LogP contribution is -2.13. The minimum Gasteiger partial charge on any atom is -0.494 e. The zero-order chi connectivity index (χ0) is 12.7. The van der Waals surface area contributed by atoms with E-state index in [0.29, 0.717) is 23.9 Å². The first-order valence-electron chi connectivity index (χ1n) is 6.34. The zero-order valence-electron chi connectivity index (χ0n) is 10.7. The molecule has 1 N–H and O–H groups in total. The van der Waals surface area contributed by atoms with E-state index in [4.69, 9.17) is 9.84 Å². The lowest BCUT2D eigenvalue weighted by Gasteiger charge is -2.21. The van der Waals surface area contributed by atoms with Crippen LogP contribution in [0.25, 0.3) is 0 Å². The van der Waals surface area contributed by atoms with Crippen LogP contribution in [0, 0.1) is 5.92 Å². The number of allylic oxidation sites excluding steroid dienone is 2. The monoisotopic (exact) mass is 238 g/mol. The second kappa shape index (κ2) is 7.15. The Kier molecular flexibility index (Phi) is 5.81. The first kappa shape index (κ1) is 13.8. The molecule has 96 valence electrons. The van der Waals surface area contributed by atoms with E-state index in [9.17, 15) is 4.79 Å². The second-order valence-electron chi connectivity index (χ2n) is 4.64. The van der Waals surface area contributed by atoms with E-state index in [1.807, 2.05) is 13.0 Å². The van der Waals surface area contributed by atoms with Gasteiger partial charge < -0.3 is 9.84 Å². The average molecular weight is 238 g/mol. The highest BCUT2D eigenvalue weighted by Gasteiger charge is 2.14. The van der Waals surface area contributed by atoms with Crippen molar-refractivity contribution in [1.82, 2.24) is 0 Å². The lowest BCUT2D eigenvalue weighted by atomic mass is 9.90. The summed E-state index contributed by atoms with van der Waals surface area (Å²) >= 11 is 0. The minimum atomic E-state index is -0.898. The second-order valence-corrected chi connectivity index (χ2v) is 4.64. The molecule has 0 aliphatic heterocycles. The largest absolute Gasteiger partial charge is 0.494 e. The van der Waals surface area contributed by atoms with Crippen molar-refractivity contribution in [1.29, 1.82) is 0 Å². The molecule has 1 rings (SSSR count). The van der Waals surface area contributed by atoms with Gasteiger partial charge in [-0.3, -0.25) is 0 Å². The van der Waals surface area contributed by atoms with Gasteiger partial charge in [0.1, 0.15) is 5.76 Å². The van der Waals surface area contributed by atoms with Crippen LogP contribution in [-0.4, -0.2) is 17.7 Å². The Morgan fingerprint density at radius 3 is 2.53 bits per heavy atom. The third-order valence-corrected chi connectivity index (χ3v) is 3.19. The van der Waals surface area contributed by atoms with E-state index in [1.54, 1.807) is 13.0 Å². The molecule has 0 radical (unpaired) electrons. The number of rotatable bonds is 5. The molecule has 0 spiro atoms. The number of carboxylic acid groups (broad SMARTS) is 1. The van der Waals surface area contributed by atoms with Crippen LogP contribution in [0.4, 0.5) is 0 Å². The maximum Gasteiger partial charge on any atom is 0.331 e. The zero-order valence-corrected chi connectivity index (χ0v) is 10.7. The van der Waals surface area contributed by atoms with Crippen molar-refractivity contribution in [2.75, 3.05) is 6.61 Å². The first-order valence-corrected chi connectivity index (χ1v) is 6.34. The molecular weight excluding hydrogens is 216 g/mol. The maximum absolute atomic E-state index is 10.7. The number of hydrogen-bond acceptors (Lipinski definition) is 2. The van der Waals surface area contributed by atoms with Crippen LogP contribution in [0.5, 0.6) is 0 Å².